The summed E-state index contributed by atoms with van der Waals surface area (Å²) in [5.41, 5.74) is 8.04. The largest absolute Gasteiger partial charge is 0.351 e. The van der Waals surface area contributed by atoms with E-state index < -0.39 is 0 Å². The molecule has 1 heterocycles. The van der Waals surface area contributed by atoms with Gasteiger partial charge in [-0.25, -0.2) is 4.98 Å². The van der Waals surface area contributed by atoms with Crippen molar-refractivity contribution in [2.75, 3.05) is 0 Å². The molecule has 2 unspecified atom stereocenters. The molecule has 25 heavy (non-hydrogen) atoms. The Hall–Kier alpha value is -1.43. The third kappa shape index (κ3) is 4.60. The highest BCUT2D eigenvalue weighted by Gasteiger charge is 2.37. The average Bonchev–Trinajstić information content (AvgIpc) is 2.94. The van der Waals surface area contributed by atoms with E-state index in [1.807, 2.05) is 32.0 Å². The van der Waals surface area contributed by atoms with Crippen LogP contribution < -0.4 is 11.1 Å². The zero-order valence-electron chi connectivity index (χ0n) is 14.7. The number of nitrogens with one attached hydrogen (secondary N) is 1. The molecule has 1 aromatic carbocycles. The minimum atomic E-state index is -0.389. The number of nitrogens with zero attached hydrogens (tertiary/aromatic N) is 1. The molecule has 1 amide bonds. The van der Waals surface area contributed by atoms with Crippen molar-refractivity contribution >= 4 is 29.7 Å². The first-order valence-electron chi connectivity index (χ1n) is 8.56. The second kappa shape index (κ2) is 8.30. The quantitative estimate of drug-likeness (QED) is 0.841. The van der Waals surface area contributed by atoms with Crippen LogP contribution >= 0.6 is 23.7 Å². The van der Waals surface area contributed by atoms with Gasteiger partial charge in [0.05, 0.1) is 18.2 Å². The number of aryl methyl sites for hydroxylation is 1. The van der Waals surface area contributed by atoms with E-state index in [1.165, 1.54) is 0 Å². The van der Waals surface area contributed by atoms with E-state index in [0.717, 1.165) is 46.8 Å². The molecule has 0 radical (unpaired) electrons. The average molecular weight is 380 g/mol. The molecule has 1 aliphatic carbocycles. The first-order chi connectivity index (χ1) is 11.5. The van der Waals surface area contributed by atoms with E-state index in [1.54, 1.807) is 11.3 Å². The predicted molar refractivity (Wildman–Crippen MR) is 106 cm³/mol. The first-order valence-corrected chi connectivity index (χ1v) is 9.37. The normalized spacial score (nSPS) is 22.9. The van der Waals surface area contributed by atoms with Crippen LogP contribution in [0.3, 0.4) is 0 Å². The van der Waals surface area contributed by atoms with Crippen LogP contribution in [0.25, 0.3) is 10.6 Å². The summed E-state index contributed by atoms with van der Waals surface area (Å²) < 4.78 is 0. The van der Waals surface area contributed by atoms with Gasteiger partial charge in [-0.05, 0) is 26.7 Å². The van der Waals surface area contributed by atoms with Crippen molar-refractivity contribution in [3.05, 3.63) is 40.9 Å². The standard InChI is InChI=1S/C19H25N3OS.ClH/c1-13-16(24-18(22-13)14-8-4-3-5-9-14)12-21-17(23)15-10-6-7-11-19(15,2)20;/h3-5,8-9,15H,6-7,10-12,20H2,1-2H3,(H,21,23);1H. The first kappa shape index (κ1) is 19.9. The van der Waals surface area contributed by atoms with Gasteiger partial charge in [-0.2, -0.15) is 0 Å². The number of halogens is 1. The fourth-order valence-corrected chi connectivity index (χ4v) is 4.38. The topological polar surface area (TPSA) is 68.0 Å². The molecule has 2 atom stereocenters. The minimum Gasteiger partial charge on any atom is -0.351 e. The summed E-state index contributed by atoms with van der Waals surface area (Å²) >= 11 is 1.64. The molecular weight excluding hydrogens is 354 g/mol. The fourth-order valence-electron chi connectivity index (χ4n) is 3.38. The Kier molecular flexibility index (Phi) is 6.60. The van der Waals surface area contributed by atoms with Crippen LogP contribution in [0.15, 0.2) is 30.3 Å². The van der Waals surface area contributed by atoms with Gasteiger partial charge in [0, 0.05) is 16.0 Å². The SMILES string of the molecule is Cc1nc(-c2ccccc2)sc1CNC(=O)C1CCCCC1(C)N.Cl. The van der Waals surface area contributed by atoms with E-state index in [2.05, 4.69) is 22.4 Å². The maximum atomic E-state index is 12.6. The number of aromatic nitrogens is 1. The molecule has 0 spiro atoms. The van der Waals surface area contributed by atoms with Crippen LogP contribution in [0.4, 0.5) is 0 Å². The van der Waals surface area contributed by atoms with Crippen LogP contribution in [0, 0.1) is 12.8 Å². The van der Waals surface area contributed by atoms with Crippen molar-refractivity contribution in [2.24, 2.45) is 11.7 Å². The summed E-state index contributed by atoms with van der Waals surface area (Å²) in [6.07, 6.45) is 4.01. The molecule has 1 aromatic heterocycles. The van der Waals surface area contributed by atoms with Crippen molar-refractivity contribution in [2.45, 2.75) is 51.6 Å². The van der Waals surface area contributed by atoms with E-state index in [-0.39, 0.29) is 29.8 Å². The van der Waals surface area contributed by atoms with Gasteiger partial charge in [-0.3, -0.25) is 4.79 Å². The van der Waals surface area contributed by atoms with Gasteiger partial charge >= 0.3 is 0 Å². The van der Waals surface area contributed by atoms with E-state index in [9.17, 15) is 4.79 Å². The molecule has 1 fully saturated rings. The maximum Gasteiger partial charge on any atom is 0.225 e. The lowest BCUT2D eigenvalue weighted by molar-refractivity contribution is -0.128. The number of hydrogen-bond donors (Lipinski definition) is 2. The van der Waals surface area contributed by atoms with E-state index in [0.29, 0.717) is 6.54 Å². The van der Waals surface area contributed by atoms with Gasteiger partial charge in [0.15, 0.2) is 0 Å². The Morgan fingerprint density at radius 1 is 1.36 bits per heavy atom. The maximum absolute atomic E-state index is 12.6. The number of carbonyl (C=O) groups is 1. The third-order valence-electron chi connectivity index (χ3n) is 4.91. The third-order valence-corrected chi connectivity index (χ3v) is 6.11. The molecule has 3 rings (SSSR count). The highest BCUT2D eigenvalue weighted by molar-refractivity contribution is 7.15. The summed E-state index contributed by atoms with van der Waals surface area (Å²) in [6.45, 7) is 4.53. The molecule has 1 saturated carbocycles. The van der Waals surface area contributed by atoms with Crippen LogP contribution in [-0.4, -0.2) is 16.4 Å². The number of thiazole rings is 1. The predicted octanol–water partition coefficient (Wildman–Crippen LogP) is 4.06. The Morgan fingerprint density at radius 3 is 2.76 bits per heavy atom. The number of rotatable bonds is 4. The fraction of sp³-hybridized carbons (Fsp3) is 0.474. The zero-order valence-corrected chi connectivity index (χ0v) is 16.4. The van der Waals surface area contributed by atoms with E-state index in [4.69, 9.17) is 5.73 Å². The van der Waals surface area contributed by atoms with Crippen LogP contribution in [-0.2, 0) is 11.3 Å². The lowest BCUT2D eigenvalue weighted by Crippen LogP contribution is -2.52. The van der Waals surface area contributed by atoms with Gasteiger partial charge < -0.3 is 11.1 Å². The summed E-state index contributed by atoms with van der Waals surface area (Å²) in [4.78, 5) is 18.3. The Labute approximate surface area is 159 Å². The smallest absolute Gasteiger partial charge is 0.225 e. The summed E-state index contributed by atoms with van der Waals surface area (Å²) in [6, 6.07) is 10.1. The van der Waals surface area contributed by atoms with E-state index >= 15 is 0 Å². The van der Waals surface area contributed by atoms with Crippen molar-refractivity contribution in [1.29, 1.82) is 0 Å². The summed E-state index contributed by atoms with van der Waals surface area (Å²) in [5.74, 6) is -0.0122. The van der Waals surface area contributed by atoms with Gasteiger partial charge in [-0.15, -0.1) is 23.7 Å². The Morgan fingerprint density at radius 2 is 2.08 bits per heavy atom. The van der Waals surface area contributed by atoms with Crippen LogP contribution in [0.2, 0.25) is 0 Å². The second-order valence-corrected chi connectivity index (χ2v) is 8.00. The molecule has 0 saturated heterocycles. The summed E-state index contributed by atoms with van der Waals surface area (Å²) in [5, 5.41) is 4.08. The summed E-state index contributed by atoms with van der Waals surface area (Å²) in [7, 11) is 0. The van der Waals surface area contributed by atoms with Crippen molar-refractivity contribution in [3.8, 4) is 10.6 Å². The molecular formula is C19H26ClN3OS. The number of hydrogen-bond acceptors (Lipinski definition) is 4. The Balaban J connectivity index is 0.00000225. The van der Waals surface area contributed by atoms with Gasteiger partial charge in [0.25, 0.3) is 0 Å². The molecule has 1 aliphatic rings. The molecule has 0 bridgehead atoms. The number of carbonyl (C=O) groups excluding carboxylic acids is 1. The molecule has 136 valence electrons. The van der Waals surface area contributed by atoms with Gasteiger partial charge in [0.1, 0.15) is 5.01 Å². The van der Waals surface area contributed by atoms with Gasteiger partial charge in [0.2, 0.25) is 5.91 Å². The number of amides is 1. The van der Waals surface area contributed by atoms with Crippen molar-refractivity contribution in [1.82, 2.24) is 10.3 Å². The highest BCUT2D eigenvalue weighted by atomic mass is 35.5. The molecule has 4 nitrogen and oxygen atoms in total. The lowest BCUT2D eigenvalue weighted by Gasteiger charge is -2.37. The van der Waals surface area contributed by atoms with Crippen LogP contribution in [0.5, 0.6) is 0 Å². The highest BCUT2D eigenvalue weighted by Crippen LogP contribution is 2.32. The minimum absolute atomic E-state index is 0. The van der Waals surface area contributed by atoms with Crippen LogP contribution in [0.1, 0.15) is 43.2 Å². The molecule has 2 aromatic rings. The second-order valence-electron chi connectivity index (χ2n) is 6.92. The Bertz CT molecular complexity index is 715. The number of nitrogens with two attached hydrogens (primary N) is 1. The molecule has 3 N–H and O–H groups in total. The van der Waals surface area contributed by atoms with Crippen molar-refractivity contribution < 1.29 is 4.79 Å². The lowest BCUT2D eigenvalue weighted by atomic mass is 9.74. The molecule has 6 heteroatoms. The van der Waals surface area contributed by atoms with Crippen molar-refractivity contribution in [3.63, 3.8) is 0 Å². The van der Waals surface area contributed by atoms with Gasteiger partial charge in [-0.1, -0.05) is 43.2 Å². The molecule has 0 aliphatic heterocycles. The zero-order chi connectivity index (χ0) is 17.2. The number of benzene rings is 1. The monoisotopic (exact) mass is 379 g/mol.